The first-order valence-corrected chi connectivity index (χ1v) is 6.90. The Morgan fingerprint density at radius 2 is 1.79 bits per heavy atom. The maximum absolute atomic E-state index is 11.8. The van der Waals surface area contributed by atoms with Crippen LogP contribution in [0.4, 0.5) is 0 Å². The van der Waals surface area contributed by atoms with Crippen LogP contribution in [-0.4, -0.2) is 37.4 Å². The van der Waals surface area contributed by atoms with Crippen molar-refractivity contribution in [3.05, 3.63) is 34.4 Å². The number of carbonyl (C=O) groups is 1. The van der Waals surface area contributed by atoms with Crippen LogP contribution in [0.3, 0.4) is 0 Å². The van der Waals surface area contributed by atoms with Crippen molar-refractivity contribution in [3.8, 4) is 0 Å². The topological polar surface area (TPSA) is 46.3 Å². The van der Waals surface area contributed by atoms with Gasteiger partial charge in [0.25, 0.3) is 0 Å². The number of benzene rings is 1. The third-order valence-corrected chi connectivity index (χ3v) is 3.78. The van der Waals surface area contributed by atoms with Gasteiger partial charge in [-0.05, 0) is 63.2 Å². The maximum atomic E-state index is 11.8. The molecule has 2 N–H and O–H groups in total. The molecule has 1 atom stereocenters. The van der Waals surface area contributed by atoms with E-state index in [2.05, 4.69) is 32.8 Å². The number of ketones is 1. The van der Waals surface area contributed by atoms with Gasteiger partial charge < -0.3 is 10.6 Å². The summed E-state index contributed by atoms with van der Waals surface area (Å²) in [5, 5.41) is 0. The van der Waals surface area contributed by atoms with Crippen molar-refractivity contribution < 1.29 is 4.79 Å². The third kappa shape index (κ3) is 3.88. The average Bonchev–Trinajstić information content (AvgIpc) is 2.36. The molecule has 0 aliphatic rings. The second-order valence-corrected chi connectivity index (χ2v) is 5.42. The molecule has 0 aromatic heterocycles. The van der Waals surface area contributed by atoms with E-state index < -0.39 is 0 Å². The molecule has 19 heavy (non-hydrogen) atoms. The van der Waals surface area contributed by atoms with Crippen LogP contribution in [0.5, 0.6) is 0 Å². The molecule has 0 fully saturated rings. The van der Waals surface area contributed by atoms with E-state index in [0.29, 0.717) is 19.0 Å². The maximum Gasteiger partial charge on any atom is 0.162 e. The van der Waals surface area contributed by atoms with Crippen LogP contribution in [-0.2, 0) is 6.42 Å². The molecule has 0 saturated heterocycles. The summed E-state index contributed by atoms with van der Waals surface area (Å²) in [5.74, 6) is 0.209. The molecule has 0 heterocycles. The largest absolute Gasteiger partial charge is 0.329 e. The molecule has 0 bridgehead atoms. The highest BCUT2D eigenvalue weighted by Crippen LogP contribution is 2.20. The Balaban J connectivity index is 3.06. The summed E-state index contributed by atoms with van der Waals surface area (Å²) in [5.41, 5.74) is 10.4. The monoisotopic (exact) mass is 262 g/mol. The molecule has 0 spiro atoms. The van der Waals surface area contributed by atoms with E-state index in [9.17, 15) is 4.79 Å². The number of hydrogen-bond donors (Lipinski definition) is 1. The zero-order valence-corrected chi connectivity index (χ0v) is 12.8. The Kier molecular flexibility index (Phi) is 5.70. The lowest BCUT2D eigenvalue weighted by Crippen LogP contribution is -2.37. The molecule has 0 aliphatic heterocycles. The zero-order valence-electron chi connectivity index (χ0n) is 12.8. The van der Waals surface area contributed by atoms with Crippen molar-refractivity contribution in [1.29, 1.82) is 0 Å². The standard InChI is InChI=1S/C16H26N2O/c1-6-16(19)13-7-11(2)15(12(3)8-13)9-14(10-17)18(4)5/h7-8,14H,6,9-10,17H2,1-5H3/t14-/m0/s1. The van der Waals surface area contributed by atoms with Crippen LogP contribution in [0.2, 0.25) is 0 Å². The summed E-state index contributed by atoms with van der Waals surface area (Å²) >= 11 is 0. The summed E-state index contributed by atoms with van der Waals surface area (Å²) < 4.78 is 0. The van der Waals surface area contributed by atoms with Crippen molar-refractivity contribution in [2.24, 2.45) is 5.73 Å². The fourth-order valence-corrected chi connectivity index (χ4v) is 2.39. The summed E-state index contributed by atoms with van der Waals surface area (Å²) in [6, 6.07) is 4.36. The van der Waals surface area contributed by atoms with Crippen LogP contribution in [0, 0.1) is 13.8 Å². The van der Waals surface area contributed by atoms with E-state index in [4.69, 9.17) is 5.73 Å². The minimum absolute atomic E-state index is 0.209. The number of carbonyl (C=O) groups excluding carboxylic acids is 1. The van der Waals surface area contributed by atoms with Gasteiger partial charge in [0.1, 0.15) is 0 Å². The number of aryl methyl sites for hydroxylation is 2. The van der Waals surface area contributed by atoms with E-state index in [1.165, 1.54) is 16.7 Å². The molecule has 1 aromatic rings. The number of hydrogen-bond acceptors (Lipinski definition) is 3. The predicted octanol–water partition coefficient (Wildman–Crippen LogP) is 2.33. The molecule has 0 radical (unpaired) electrons. The van der Waals surface area contributed by atoms with Gasteiger partial charge in [0.15, 0.2) is 5.78 Å². The first kappa shape index (κ1) is 15.9. The van der Waals surface area contributed by atoms with Gasteiger partial charge in [-0.1, -0.05) is 6.92 Å². The normalized spacial score (nSPS) is 12.8. The zero-order chi connectivity index (χ0) is 14.6. The number of nitrogens with zero attached hydrogens (tertiary/aromatic N) is 1. The first-order chi connectivity index (χ1) is 8.90. The highest BCUT2D eigenvalue weighted by molar-refractivity contribution is 5.96. The van der Waals surface area contributed by atoms with Gasteiger partial charge >= 0.3 is 0 Å². The van der Waals surface area contributed by atoms with Gasteiger partial charge in [-0.2, -0.15) is 0 Å². The molecule has 3 heteroatoms. The first-order valence-electron chi connectivity index (χ1n) is 6.90. The van der Waals surface area contributed by atoms with Crippen molar-refractivity contribution >= 4 is 5.78 Å². The van der Waals surface area contributed by atoms with Crippen molar-refractivity contribution in [2.75, 3.05) is 20.6 Å². The predicted molar refractivity (Wildman–Crippen MR) is 80.8 cm³/mol. The van der Waals surface area contributed by atoms with Gasteiger partial charge in [0.05, 0.1) is 0 Å². The molecule has 0 unspecified atom stereocenters. The summed E-state index contributed by atoms with van der Waals surface area (Å²) in [6.07, 6.45) is 1.49. The van der Waals surface area contributed by atoms with Gasteiger partial charge in [-0.25, -0.2) is 0 Å². The summed E-state index contributed by atoms with van der Waals surface area (Å²) in [4.78, 5) is 13.9. The number of rotatable bonds is 6. The molecular formula is C16H26N2O. The molecule has 0 saturated carbocycles. The minimum atomic E-state index is 0.209. The molecule has 3 nitrogen and oxygen atoms in total. The molecular weight excluding hydrogens is 236 g/mol. The Labute approximate surface area is 116 Å². The van der Waals surface area contributed by atoms with E-state index in [1.807, 2.05) is 19.1 Å². The fraction of sp³-hybridized carbons (Fsp3) is 0.562. The lowest BCUT2D eigenvalue weighted by atomic mass is 9.92. The van der Waals surface area contributed by atoms with Crippen LogP contribution < -0.4 is 5.73 Å². The van der Waals surface area contributed by atoms with Crippen LogP contribution in [0.1, 0.15) is 40.4 Å². The van der Waals surface area contributed by atoms with Gasteiger partial charge in [0, 0.05) is 24.6 Å². The van der Waals surface area contributed by atoms with E-state index in [-0.39, 0.29) is 5.78 Å². The molecule has 0 amide bonds. The Hall–Kier alpha value is -1.19. The van der Waals surface area contributed by atoms with Crippen LogP contribution in [0.25, 0.3) is 0 Å². The van der Waals surface area contributed by atoms with Crippen molar-refractivity contribution in [1.82, 2.24) is 4.90 Å². The van der Waals surface area contributed by atoms with Crippen LogP contribution in [0.15, 0.2) is 12.1 Å². The van der Waals surface area contributed by atoms with E-state index in [1.54, 1.807) is 0 Å². The quantitative estimate of drug-likeness (QED) is 0.800. The Morgan fingerprint density at radius 1 is 1.26 bits per heavy atom. The molecule has 1 rings (SSSR count). The number of likely N-dealkylation sites (N-methyl/N-ethyl adjacent to an activating group) is 1. The second kappa shape index (κ2) is 6.83. The van der Waals surface area contributed by atoms with Gasteiger partial charge in [-0.3, -0.25) is 4.79 Å². The lowest BCUT2D eigenvalue weighted by molar-refractivity contribution is 0.0988. The Morgan fingerprint density at radius 3 is 2.16 bits per heavy atom. The Bertz CT molecular complexity index is 429. The van der Waals surface area contributed by atoms with Gasteiger partial charge in [-0.15, -0.1) is 0 Å². The van der Waals surface area contributed by atoms with Crippen molar-refractivity contribution in [2.45, 2.75) is 39.7 Å². The SMILES string of the molecule is CCC(=O)c1cc(C)c(C[C@@H](CN)N(C)C)c(C)c1. The lowest BCUT2D eigenvalue weighted by Gasteiger charge is -2.24. The third-order valence-electron chi connectivity index (χ3n) is 3.78. The molecule has 1 aromatic carbocycles. The second-order valence-electron chi connectivity index (χ2n) is 5.42. The number of Topliss-reactive ketones (excluding diaryl/α,β-unsaturated/α-hetero) is 1. The number of nitrogens with two attached hydrogens (primary N) is 1. The van der Waals surface area contributed by atoms with Crippen molar-refractivity contribution in [3.63, 3.8) is 0 Å². The minimum Gasteiger partial charge on any atom is -0.329 e. The highest BCUT2D eigenvalue weighted by atomic mass is 16.1. The van der Waals surface area contributed by atoms with Gasteiger partial charge in [0.2, 0.25) is 0 Å². The van der Waals surface area contributed by atoms with Crippen LogP contribution >= 0.6 is 0 Å². The van der Waals surface area contributed by atoms with E-state index >= 15 is 0 Å². The summed E-state index contributed by atoms with van der Waals surface area (Å²) in [7, 11) is 4.11. The smallest absolute Gasteiger partial charge is 0.162 e. The molecule has 106 valence electrons. The molecule has 0 aliphatic carbocycles. The highest BCUT2D eigenvalue weighted by Gasteiger charge is 2.15. The average molecular weight is 262 g/mol. The fourth-order valence-electron chi connectivity index (χ4n) is 2.39. The van der Waals surface area contributed by atoms with E-state index in [0.717, 1.165) is 12.0 Å². The summed E-state index contributed by atoms with van der Waals surface area (Å²) in [6.45, 7) is 6.70.